The molecule has 0 saturated carbocycles. The third kappa shape index (κ3) is 5.74. The van der Waals surface area contributed by atoms with Crippen LogP contribution in [-0.4, -0.2) is 39.7 Å². The fourth-order valence-electron chi connectivity index (χ4n) is 3.67. The maximum absolute atomic E-state index is 12.5. The van der Waals surface area contributed by atoms with Crippen LogP contribution < -0.4 is 10.1 Å². The average molecular weight is 478 g/mol. The number of hydrogen-bond acceptors (Lipinski definition) is 4. The minimum absolute atomic E-state index is 0.0647. The van der Waals surface area contributed by atoms with Crippen molar-refractivity contribution in [2.75, 3.05) is 13.2 Å². The van der Waals surface area contributed by atoms with Crippen LogP contribution in [0.4, 0.5) is 0 Å². The van der Waals surface area contributed by atoms with Gasteiger partial charge < -0.3 is 19.7 Å². The van der Waals surface area contributed by atoms with Crippen molar-refractivity contribution >= 4 is 34.5 Å². The molecule has 0 saturated heterocycles. The molecule has 34 heavy (non-hydrogen) atoms. The Morgan fingerprint density at radius 2 is 1.79 bits per heavy atom. The van der Waals surface area contributed by atoms with Gasteiger partial charge in [-0.15, -0.1) is 0 Å². The van der Waals surface area contributed by atoms with Crippen LogP contribution in [0.15, 0.2) is 72.8 Å². The fraction of sp³-hybridized carbons (Fsp3) is 0.192. The van der Waals surface area contributed by atoms with Gasteiger partial charge in [0.15, 0.2) is 0 Å². The molecule has 0 aliphatic heterocycles. The zero-order valence-corrected chi connectivity index (χ0v) is 19.2. The Bertz CT molecular complexity index is 1300. The van der Waals surface area contributed by atoms with Crippen molar-refractivity contribution in [1.82, 2.24) is 14.9 Å². The molecular weight excluding hydrogens is 454 g/mol. The maximum Gasteiger partial charge on any atom is 0.305 e. The van der Waals surface area contributed by atoms with Gasteiger partial charge in [-0.25, -0.2) is 4.98 Å². The zero-order chi connectivity index (χ0) is 23.9. The Labute approximate surface area is 202 Å². The van der Waals surface area contributed by atoms with Crippen LogP contribution in [-0.2, 0) is 17.8 Å². The summed E-state index contributed by atoms with van der Waals surface area (Å²) < 4.78 is 7.97. The van der Waals surface area contributed by atoms with Crippen LogP contribution >= 0.6 is 11.6 Å². The number of hydrogen-bond donors (Lipinski definition) is 2. The van der Waals surface area contributed by atoms with Crippen LogP contribution in [0.1, 0.15) is 28.2 Å². The Hall–Kier alpha value is -3.84. The Balaban J connectivity index is 1.60. The highest BCUT2D eigenvalue weighted by Crippen LogP contribution is 2.23. The highest BCUT2D eigenvalue weighted by atomic mass is 35.5. The summed E-state index contributed by atoms with van der Waals surface area (Å²) in [5.41, 5.74) is 2.93. The molecule has 0 aliphatic rings. The Morgan fingerprint density at radius 3 is 2.56 bits per heavy atom. The number of fused-ring (bicyclic) bond motifs is 1. The van der Waals surface area contributed by atoms with Gasteiger partial charge in [0.05, 0.1) is 24.0 Å². The van der Waals surface area contributed by atoms with Gasteiger partial charge in [0.1, 0.15) is 18.2 Å². The van der Waals surface area contributed by atoms with E-state index in [4.69, 9.17) is 26.4 Å². The van der Waals surface area contributed by atoms with Crippen molar-refractivity contribution in [2.24, 2.45) is 0 Å². The highest BCUT2D eigenvalue weighted by molar-refractivity contribution is 6.31. The van der Waals surface area contributed by atoms with Gasteiger partial charge in [-0.1, -0.05) is 48.0 Å². The lowest BCUT2D eigenvalue weighted by Gasteiger charge is -2.12. The maximum atomic E-state index is 12.5. The quantitative estimate of drug-likeness (QED) is 0.349. The first-order valence-electron chi connectivity index (χ1n) is 10.9. The molecule has 0 unspecified atom stereocenters. The minimum atomic E-state index is -0.962. The molecule has 1 amide bonds. The van der Waals surface area contributed by atoms with E-state index in [9.17, 15) is 9.59 Å². The van der Waals surface area contributed by atoms with Crippen LogP contribution in [0.2, 0.25) is 5.02 Å². The lowest BCUT2D eigenvalue weighted by molar-refractivity contribution is -0.136. The van der Waals surface area contributed by atoms with E-state index in [0.29, 0.717) is 35.7 Å². The second kappa shape index (κ2) is 10.9. The third-order valence-corrected chi connectivity index (χ3v) is 5.72. The number of para-hydroxylation sites is 1. The number of halogens is 1. The molecule has 2 N–H and O–H groups in total. The summed E-state index contributed by atoms with van der Waals surface area (Å²) in [4.78, 5) is 28.0. The molecule has 174 valence electrons. The molecule has 4 aromatic rings. The van der Waals surface area contributed by atoms with Gasteiger partial charge in [0.2, 0.25) is 0 Å². The van der Waals surface area contributed by atoms with Crippen molar-refractivity contribution in [3.8, 4) is 5.75 Å². The molecule has 0 aliphatic carbocycles. The second-order valence-electron chi connectivity index (χ2n) is 7.71. The van der Waals surface area contributed by atoms with E-state index in [1.807, 2.05) is 60.7 Å². The molecule has 8 heteroatoms. The van der Waals surface area contributed by atoms with E-state index in [0.717, 1.165) is 22.7 Å². The number of aromatic nitrogens is 2. The third-order valence-electron chi connectivity index (χ3n) is 5.35. The summed E-state index contributed by atoms with van der Waals surface area (Å²) in [6.07, 6.45) is 0.395. The van der Waals surface area contributed by atoms with Crippen LogP contribution in [0.25, 0.3) is 11.0 Å². The van der Waals surface area contributed by atoms with Crippen molar-refractivity contribution in [3.63, 3.8) is 0 Å². The normalized spacial score (nSPS) is 10.9. The predicted octanol–water partition coefficient (Wildman–Crippen LogP) is 4.56. The predicted molar refractivity (Wildman–Crippen MR) is 131 cm³/mol. The number of ether oxygens (including phenoxy) is 1. The van der Waals surface area contributed by atoms with Crippen LogP contribution in [0.3, 0.4) is 0 Å². The molecule has 0 radical (unpaired) electrons. The Kier molecular flexibility index (Phi) is 7.44. The molecule has 1 heterocycles. The van der Waals surface area contributed by atoms with Crippen molar-refractivity contribution in [3.05, 3.63) is 94.8 Å². The summed E-state index contributed by atoms with van der Waals surface area (Å²) in [6, 6.07) is 22.5. The number of rotatable bonds is 10. The summed E-state index contributed by atoms with van der Waals surface area (Å²) in [6.45, 7) is 1.08. The lowest BCUT2D eigenvalue weighted by atomic mass is 10.1. The number of benzene rings is 3. The lowest BCUT2D eigenvalue weighted by Crippen LogP contribution is -2.25. The zero-order valence-electron chi connectivity index (χ0n) is 18.4. The first kappa shape index (κ1) is 23.3. The summed E-state index contributed by atoms with van der Waals surface area (Å²) in [7, 11) is 0. The summed E-state index contributed by atoms with van der Waals surface area (Å²) in [5.74, 6) is 0.303. The van der Waals surface area contributed by atoms with Gasteiger partial charge >= 0.3 is 5.97 Å². The molecule has 1 aromatic heterocycles. The van der Waals surface area contributed by atoms with Gasteiger partial charge in [-0.05, 0) is 42.0 Å². The average Bonchev–Trinajstić information content (AvgIpc) is 3.17. The van der Waals surface area contributed by atoms with Crippen molar-refractivity contribution < 1.29 is 19.4 Å². The topological polar surface area (TPSA) is 93.5 Å². The minimum Gasteiger partial charge on any atom is -0.492 e. The summed E-state index contributed by atoms with van der Waals surface area (Å²) in [5, 5.41) is 12.1. The van der Waals surface area contributed by atoms with Crippen LogP contribution in [0, 0.1) is 0 Å². The smallest absolute Gasteiger partial charge is 0.305 e. The van der Waals surface area contributed by atoms with E-state index in [1.54, 1.807) is 12.1 Å². The summed E-state index contributed by atoms with van der Waals surface area (Å²) >= 11 is 6.39. The van der Waals surface area contributed by atoms with E-state index in [2.05, 4.69) is 9.88 Å². The van der Waals surface area contributed by atoms with E-state index in [-0.39, 0.29) is 18.9 Å². The number of nitrogens with zero attached hydrogens (tertiary/aromatic N) is 2. The Morgan fingerprint density at radius 1 is 1.03 bits per heavy atom. The molecule has 0 fully saturated rings. The molecule has 0 spiro atoms. The fourth-order valence-corrected chi connectivity index (χ4v) is 3.88. The molecule has 4 rings (SSSR count). The molecule has 0 bridgehead atoms. The number of aliphatic carboxylic acids is 1. The monoisotopic (exact) mass is 477 g/mol. The van der Waals surface area contributed by atoms with Gasteiger partial charge in [0.25, 0.3) is 5.91 Å². The molecule has 0 atom stereocenters. The largest absolute Gasteiger partial charge is 0.492 e. The second-order valence-corrected chi connectivity index (χ2v) is 8.12. The first-order valence-corrected chi connectivity index (χ1v) is 11.3. The number of carboxylic acids is 1. The number of carboxylic acid groups (broad SMARTS) is 1. The standard InChI is InChI=1S/C26H24ClN3O4/c27-21-9-5-4-6-18(21)17-24-29-22-16-19(26(33)28-13-12-25(31)32)10-11-23(22)30(24)14-15-34-20-7-2-1-3-8-20/h1-11,16H,12-15,17H2,(H,28,33)(H,31,32). The van der Waals surface area contributed by atoms with Crippen molar-refractivity contribution in [2.45, 2.75) is 19.4 Å². The van der Waals surface area contributed by atoms with Crippen molar-refractivity contribution in [1.29, 1.82) is 0 Å². The molecular formula is C26H24ClN3O4. The number of carbonyl (C=O) groups excluding carboxylic acids is 1. The molecule has 7 nitrogen and oxygen atoms in total. The number of amides is 1. The van der Waals surface area contributed by atoms with Gasteiger partial charge in [0, 0.05) is 23.6 Å². The van der Waals surface area contributed by atoms with E-state index in [1.165, 1.54) is 0 Å². The SMILES string of the molecule is O=C(O)CCNC(=O)c1ccc2c(c1)nc(Cc1ccccc1Cl)n2CCOc1ccccc1. The van der Waals surface area contributed by atoms with E-state index < -0.39 is 5.97 Å². The number of nitrogens with one attached hydrogen (secondary N) is 1. The highest BCUT2D eigenvalue weighted by Gasteiger charge is 2.15. The van der Waals surface area contributed by atoms with Gasteiger partial charge in [-0.3, -0.25) is 9.59 Å². The van der Waals surface area contributed by atoms with Gasteiger partial charge in [-0.2, -0.15) is 0 Å². The first-order chi connectivity index (χ1) is 16.5. The van der Waals surface area contributed by atoms with Crippen LogP contribution in [0.5, 0.6) is 5.75 Å². The number of carbonyl (C=O) groups is 2. The van der Waals surface area contributed by atoms with E-state index >= 15 is 0 Å². The number of imidazole rings is 1. The molecule has 3 aromatic carbocycles.